The summed E-state index contributed by atoms with van der Waals surface area (Å²) in [4.78, 5) is 4.85. The molecule has 0 aliphatic carbocycles. The molecule has 0 saturated heterocycles. The first-order valence-corrected chi connectivity index (χ1v) is 7.53. The van der Waals surface area contributed by atoms with E-state index >= 15 is 0 Å². The molecule has 2 N–H and O–H groups in total. The zero-order valence-corrected chi connectivity index (χ0v) is 13.3. The van der Waals surface area contributed by atoms with E-state index in [1.807, 2.05) is 24.3 Å². The first kappa shape index (κ1) is 14.2. The van der Waals surface area contributed by atoms with E-state index in [1.165, 1.54) is 5.69 Å². The average Bonchev–Trinajstić information content (AvgIpc) is 2.48. The fourth-order valence-corrected chi connectivity index (χ4v) is 3.04. The Labute approximate surface area is 134 Å². The molecule has 108 valence electrons. The number of rotatable bonds is 2. The third-order valence-electron chi connectivity index (χ3n) is 3.77. The number of hydrogen-bond acceptors (Lipinski definition) is 3. The standard InChI is InChI=1S/C16H16ClN3S/c1-19-8-9-20(15-5-3-2-4-14(15)19)13-7-6-11(16(18)21)10-12(13)17/h2-7,10H,8-9H2,1H3,(H2,18,21). The minimum atomic E-state index is 0.363. The van der Waals surface area contributed by atoms with E-state index in [0.717, 1.165) is 30.0 Å². The molecular formula is C16H16ClN3S. The van der Waals surface area contributed by atoms with Crippen molar-refractivity contribution in [1.82, 2.24) is 0 Å². The lowest BCUT2D eigenvalue weighted by Gasteiger charge is -2.37. The van der Waals surface area contributed by atoms with E-state index in [0.29, 0.717) is 10.0 Å². The van der Waals surface area contributed by atoms with Crippen LogP contribution in [-0.4, -0.2) is 25.1 Å². The Morgan fingerprint density at radius 2 is 1.81 bits per heavy atom. The van der Waals surface area contributed by atoms with E-state index < -0.39 is 0 Å². The Hall–Kier alpha value is -1.78. The molecule has 2 aromatic carbocycles. The lowest BCUT2D eigenvalue weighted by atomic mass is 10.1. The summed E-state index contributed by atoms with van der Waals surface area (Å²) in [6.45, 7) is 1.84. The van der Waals surface area contributed by atoms with Crippen molar-refractivity contribution in [2.45, 2.75) is 0 Å². The number of nitrogens with zero attached hydrogens (tertiary/aromatic N) is 2. The number of hydrogen-bond donors (Lipinski definition) is 1. The maximum atomic E-state index is 6.44. The summed E-state index contributed by atoms with van der Waals surface area (Å²) in [5.74, 6) is 0. The van der Waals surface area contributed by atoms with Crippen LogP contribution in [0, 0.1) is 0 Å². The molecule has 0 unspecified atom stereocenters. The Kier molecular flexibility index (Phi) is 3.74. The van der Waals surface area contributed by atoms with Gasteiger partial charge in [-0.2, -0.15) is 0 Å². The second-order valence-electron chi connectivity index (χ2n) is 5.09. The van der Waals surface area contributed by atoms with Gasteiger partial charge in [-0.1, -0.05) is 36.0 Å². The average molecular weight is 318 g/mol. The van der Waals surface area contributed by atoms with E-state index in [1.54, 1.807) is 0 Å². The second kappa shape index (κ2) is 5.54. The molecule has 0 bridgehead atoms. The molecule has 0 fully saturated rings. The highest BCUT2D eigenvalue weighted by Crippen LogP contribution is 2.39. The number of para-hydroxylation sites is 2. The van der Waals surface area contributed by atoms with Gasteiger partial charge >= 0.3 is 0 Å². The number of halogens is 1. The smallest absolute Gasteiger partial charge is 0.104 e. The summed E-state index contributed by atoms with van der Waals surface area (Å²) in [7, 11) is 2.10. The molecule has 2 aromatic rings. The number of benzene rings is 2. The van der Waals surface area contributed by atoms with Crippen LogP contribution in [0.1, 0.15) is 5.56 Å². The normalized spacial score (nSPS) is 14.0. The van der Waals surface area contributed by atoms with Crippen LogP contribution in [0.3, 0.4) is 0 Å². The van der Waals surface area contributed by atoms with Crippen LogP contribution in [0.25, 0.3) is 0 Å². The summed E-state index contributed by atoms with van der Waals surface area (Å²) < 4.78 is 0. The first-order valence-electron chi connectivity index (χ1n) is 6.75. The second-order valence-corrected chi connectivity index (χ2v) is 5.94. The summed E-state index contributed by atoms with van der Waals surface area (Å²) >= 11 is 11.4. The number of nitrogens with two attached hydrogens (primary N) is 1. The third-order valence-corrected chi connectivity index (χ3v) is 4.30. The van der Waals surface area contributed by atoms with Gasteiger partial charge in [0.05, 0.1) is 22.1 Å². The van der Waals surface area contributed by atoms with Crippen LogP contribution in [0.5, 0.6) is 0 Å². The Morgan fingerprint density at radius 3 is 2.48 bits per heavy atom. The molecular weight excluding hydrogens is 302 g/mol. The predicted octanol–water partition coefficient (Wildman–Crippen LogP) is 3.56. The minimum absolute atomic E-state index is 0.363. The molecule has 1 aliphatic heterocycles. The largest absolute Gasteiger partial charge is 0.389 e. The monoisotopic (exact) mass is 317 g/mol. The molecule has 0 radical (unpaired) electrons. The number of anilines is 3. The van der Waals surface area contributed by atoms with Gasteiger partial charge < -0.3 is 15.5 Å². The van der Waals surface area contributed by atoms with Gasteiger partial charge in [0, 0.05) is 25.7 Å². The van der Waals surface area contributed by atoms with Crippen molar-refractivity contribution >= 4 is 45.9 Å². The minimum Gasteiger partial charge on any atom is -0.389 e. The van der Waals surface area contributed by atoms with E-state index in [4.69, 9.17) is 29.6 Å². The van der Waals surface area contributed by atoms with Crippen molar-refractivity contribution in [3.63, 3.8) is 0 Å². The molecule has 0 atom stereocenters. The van der Waals surface area contributed by atoms with E-state index in [2.05, 4.69) is 35.0 Å². The van der Waals surface area contributed by atoms with Gasteiger partial charge in [-0.15, -0.1) is 0 Å². The van der Waals surface area contributed by atoms with Crippen LogP contribution in [-0.2, 0) is 0 Å². The van der Waals surface area contributed by atoms with Crippen molar-refractivity contribution in [3.05, 3.63) is 53.1 Å². The van der Waals surface area contributed by atoms with Gasteiger partial charge in [-0.3, -0.25) is 0 Å². The van der Waals surface area contributed by atoms with E-state index in [9.17, 15) is 0 Å². The maximum Gasteiger partial charge on any atom is 0.104 e. The number of thiocarbonyl (C=S) groups is 1. The Morgan fingerprint density at radius 1 is 1.10 bits per heavy atom. The van der Waals surface area contributed by atoms with Crippen molar-refractivity contribution in [2.75, 3.05) is 29.9 Å². The molecule has 1 heterocycles. The van der Waals surface area contributed by atoms with Crippen molar-refractivity contribution in [1.29, 1.82) is 0 Å². The lowest BCUT2D eigenvalue weighted by molar-refractivity contribution is 0.822. The highest BCUT2D eigenvalue weighted by molar-refractivity contribution is 7.80. The Bertz CT molecular complexity index is 702. The molecule has 0 aromatic heterocycles. The summed E-state index contributed by atoms with van der Waals surface area (Å²) in [5.41, 5.74) is 9.80. The fraction of sp³-hybridized carbons (Fsp3) is 0.188. The molecule has 21 heavy (non-hydrogen) atoms. The molecule has 3 nitrogen and oxygen atoms in total. The summed E-state index contributed by atoms with van der Waals surface area (Å²) in [6.07, 6.45) is 0. The van der Waals surface area contributed by atoms with E-state index in [-0.39, 0.29) is 0 Å². The first-order chi connectivity index (χ1) is 10.1. The predicted molar refractivity (Wildman–Crippen MR) is 94.1 cm³/mol. The molecule has 0 saturated carbocycles. The highest BCUT2D eigenvalue weighted by Gasteiger charge is 2.22. The van der Waals surface area contributed by atoms with Crippen molar-refractivity contribution < 1.29 is 0 Å². The highest BCUT2D eigenvalue weighted by atomic mass is 35.5. The van der Waals surface area contributed by atoms with Crippen molar-refractivity contribution in [2.24, 2.45) is 5.73 Å². The number of fused-ring (bicyclic) bond motifs is 1. The summed E-state index contributed by atoms with van der Waals surface area (Å²) in [5, 5.41) is 0.666. The van der Waals surface area contributed by atoms with Crippen LogP contribution in [0.4, 0.5) is 17.1 Å². The van der Waals surface area contributed by atoms with Crippen LogP contribution < -0.4 is 15.5 Å². The van der Waals surface area contributed by atoms with Crippen LogP contribution in [0.2, 0.25) is 5.02 Å². The van der Waals surface area contributed by atoms with Gasteiger partial charge in [0.1, 0.15) is 4.99 Å². The maximum absolute atomic E-state index is 6.44. The lowest BCUT2D eigenvalue weighted by Crippen LogP contribution is -2.36. The molecule has 0 amide bonds. The quantitative estimate of drug-likeness (QED) is 0.858. The topological polar surface area (TPSA) is 32.5 Å². The summed E-state index contributed by atoms with van der Waals surface area (Å²) in [6, 6.07) is 14.1. The zero-order chi connectivity index (χ0) is 15.0. The molecule has 3 rings (SSSR count). The van der Waals surface area contributed by atoms with Crippen LogP contribution >= 0.6 is 23.8 Å². The van der Waals surface area contributed by atoms with Gasteiger partial charge in [-0.05, 0) is 30.3 Å². The Balaban J connectivity index is 2.06. The molecule has 1 aliphatic rings. The van der Waals surface area contributed by atoms with Gasteiger partial charge in [0.25, 0.3) is 0 Å². The molecule has 0 spiro atoms. The fourth-order valence-electron chi connectivity index (χ4n) is 2.64. The van der Waals surface area contributed by atoms with Crippen LogP contribution in [0.15, 0.2) is 42.5 Å². The van der Waals surface area contributed by atoms with Gasteiger partial charge in [0.2, 0.25) is 0 Å². The third kappa shape index (κ3) is 2.57. The van der Waals surface area contributed by atoms with Gasteiger partial charge in [0.15, 0.2) is 0 Å². The van der Waals surface area contributed by atoms with Crippen molar-refractivity contribution in [3.8, 4) is 0 Å². The zero-order valence-electron chi connectivity index (χ0n) is 11.7. The SMILES string of the molecule is CN1CCN(c2ccc(C(N)=S)cc2Cl)c2ccccc21. The van der Waals surface area contributed by atoms with Gasteiger partial charge in [-0.25, -0.2) is 0 Å². The molecule has 5 heteroatoms. The number of likely N-dealkylation sites (N-methyl/N-ethyl adjacent to an activating group) is 1.